The molecule has 0 N–H and O–H groups in total. The molecule has 0 saturated heterocycles. The van der Waals surface area contributed by atoms with Crippen LogP contribution >= 0.6 is 0 Å². The second-order valence-electron chi connectivity index (χ2n) is 12.9. The van der Waals surface area contributed by atoms with E-state index in [0.29, 0.717) is 5.82 Å². The Morgan fingerprint density at radius 1 is 0.426 bits per heavy atom. The van der Waals surface area contributed by atoms with Crippen molar-refractivity contribution in [2.24, 2.45) is 0 Å². The van der Waals surface area contributed by atoms with Gasteiger partial charge in [-0.05, 0) is 74.1 Å². The van der Waals surface area contributed by atoms with E-state index >= 15 is 0 Å². The van der Waals surface area contributed by atoms with Gasteiger partial charge in [0, 0.05) is 33.9 Å². The SMILES string of the molecule is CC1(C)c2ccccc2-c2cc3ccc4c(-c5nc(-c6ccccc6)cc(-c6ccc(-c7ccccn7)cc6)n5)cccc4c3cc21. The molecule has 1 aliphatic carbocycles. The molecule has 6 aromatic carbocycles. The monoisotopic (exact) mass is 601 g/mol. The van der Waals surface area contributed by atoms with Gasteiger partial charge >= 0.3 is 0 Å². The molecular weight excluding hydrogens is 571 g/mol. The number of hydrogen-bond acceptors (Lipinski definition) is 3. The van der Waals surface area contributed by atoms with Crippen molar-refractivity contribution in [2.75, 3.05) is 0 Å². The third-order valence-corrected chi connectivity index (χ3v) is 9.76. The van der Waals surface area contributed by atoms with Crippen LogP contribution in [0.25, 0.3) is 77.8 Å². The van der Waals surface area contributed by atoms with Gasteiger partial charge in [0.1, 0.15) is 0 Å². The van der Waals surface area contributed by atoms with Crippen molar-refractivity contribution in [1.29, 1.82) is 0 Å². The Morgan fingerprint density at radius 2 is 1.11 bits per heavy atom. The lowest BCUT2D eigenvalue weighted by molar-refractivity contribution is 0.661. The maximum absolute atomic E-state index is 5.21. The smallest absolute Gasteiger partial charge is 0.161 e. The summed E-state index contributed by atoms with van der Waals surface area (Å²) in [5, 5.41) is 4.86. The zero-order valence-electron chi connectivity index (χ0n) is 26.3. The Morgan fingerprint density at radius 3 is 1.87 bits per heavy atom. The van der Waals surface area contributed by atoms with Crippen molar-refractivity contribution < 1.29 is 0 Å². The van der Waals surface area contributed by atoms with Gasteiger partial charge in [-0.25, -0.2) is 9.97 Å². The number of nitrogens with zero attached hydrogens (tertiary/aromatic N) is 3. The molecule has 8 aromatic rings. The zero-order valence-corrected chi connectivity index (χ0v) is 26.3. The molecule has 0 atom stereocenters. The summed E-state index contributed by atoms with van der Waals surface area (Å²) < 4.78 is 0. The Labute approximate surface area is 274 Å². The fraction of sp³-hybridized carbons (Fsp3) is 0.0682. The number of pyridine rings is 1. The Bertz CT molecular complexity index is 2460. The summed E-state index contributed by atoms with van der Waals surface area (Å²) in [6.45, 7) is 4.68. The van der Waals surface area contributed by atoms with Crippen molar-refractivity contribution >= 4 is 21.5 Å². The van der Waals surface area contributed by atoms with Crippen LogP contribution in [0.5, 0.6) is 0 Å². The van der Waals surface area contributed by atoms with Crippen molar-refractivity contribution in [3.8, 4) is 56.3 Å². The van der Waals surface area contributed by atoms with Crippen LogP contribution in [-0.4, -0.2) is 15.0 Å². The first-order valence-corrected chi connectivity index (χ1v) is 16.1. The minimum Gasteiger partial charge on any atom is -0.256 e. The first-order valence-electron chi connectivity index (χ1n) is 16.1. The number of fused-ring (bicyclic) bond motifs is 6. The van der Waals surface area contributed by atoms with Gasteiger partial charge in [0.05, 0.1) is 17.1 Å². The third-order valence-electron chi connectivity index (χ3n) is 9.76. The zero-order chi connectivity index (χ0) is 31.5. The topological polar surface area (TPSA) is 38.7 Å². The molecule has 2 heterocycles. The highest BCUT2D eigenvalue weighted by Gasteiger charge is 2.35. The summed E-state index contributed by atoms with van der Waals surface area (Å²) in [5.74, 6) is 0.717. The van der Waals surface area contributed by atoms with E-state index in [2.05, 4.69) is 140 Å². The molecule has 9 rings (SSSR count). The highest BCUT2D eigenvalue weighted by atomic mass is 14.9. The quantitative estimate of drug-likeness (QED) is 0.188. The molecule has 47 heavy (non-hydrogen) atoms. The second-order valence-corrected chi connectivity index (χ2v) is 12.9. The summed E-state index contributed by atoms with van der Waals surface area (Å²) >= 11 is 0. The molecule has 3 heteroatoms. The predicted octanol–water partition coefficient (Wildman–Crippen LogP) is 11.2. The number of aromatic nitrogens is 3. The van der Waals surface area contributed by atoms with Crippen molar-refractivity contribution in [3.63, 3.8) is 0 Å². The maximum Gasteiger partial charge on any atom is 0.161 e. The molecule has 0 aliphatic heterocycles. The number of hydrogen-bond donors (Lipinski definition) is 0. The summed E-state index contributed by atoms with van der Waals surface area (Å²) in [5.41, 5.74) is 12.3. The first-order chi connectivity index (χ1) is 23.0. The van der Waals surface area contributed by atoms with Crippen LogP contribution in [0, 0.1) is 0 Å². The molecule has 2 aromatic heterocycles. The van der Waals surface area contributed by atoms with Gasteiger partial charge in [0.15, 0.2) is 5.82 Å². The minimum absolute atomic E-state index is 0.0615. The van der Waals surface area contributed by atoms with Gasteiger partial charge in [0.25, 0.3) is 0 Å². The van der Waals surface area contributed by atoms with E-state index in [1.54, 1.807) is 0 Å². The number of benzene rings is 6. The minimum atomic E-state index is -0.0615. The van der Waals surface area contributed by atoms with Crippen molar-refractivity contribution in [1.82, 2.24) is 15.0 Å². The van der Waals surface area contributed by atoms with Crippen LogP contribution < -0.4 is 0 Å². The van der Waals surface area contributed by atoms with Crippen LogP contribution in [0.2, 0.25) is 0 Å². The lowest BCUT2D eigenvalue weighted by Gasteiger charge is -2.22. The van der Waals surface area contributed by atoms with E-state index < -0.39 is 0 Å². The van der Waals surface area contributed by atoms with Gasteiger partial charge < -0.3 is 0 Å². The molecule has 0 fully saturated rings. The van der Waals surface area contributed by atoms with Crippen molar-refractivity contribution in [2.45, 2.75) is 19.3 Å². The standard InChI is InChI=1S/C44H31N3/c1-44(2)38-16-7-6-13-34(38)37-25-31-22-23-33-32(36(31)26-39(37)44)14-10-15-35(33)43-46-41(28-11-4-3-5-12-28)27-42(47-43)30-20-18-29(19-21-30)40-17-8-9-24-45-40/h3-27H,1-2H3. The molecule has 0 bridgehead atoms. The Balaban J connectivity index is 1.22. The fourth-order valence-electron chi connectivity index (χ4n) is 7.30. The predicted molar refractivity (Wildman–Crippen MR) is 194 cm³/mol. The van der Waals surface area contributed by atoms with Gasteiger partial charge in [-0.2, -0.15) is 0 Å². The largest absolute Gasteiger partial charge is 0.256 e. The summed E-state index contributed by atoms with van der Waals surface area (Å²) in [4.78, 5) is 14.9. The van der Waals surface area contributed by atoms with Crippen molar-refractivity contribution in [3.05, 3.63) is 163 Å². The lowest BCUT2D eigenvalue weighted by atomic mass is 9.81. The van der Waals surface area contributed by atoms with E-state index in [1.165, 1.54) is 38.4 Å². The summed E-state index contributed by atoms with van der Waals surface area (Å²) in [6, 6.07) is 51.6. The van der Waals surface area contributed by atoms with Crippen LogP contribution in [0.15, 0.2) is 152 Å². The maximum atomic E-state index is 5.21. The highest BCUT2D eigenvalue weighted by molar-refractivity contribution is 6.13. The number of rotatable bonds is 4. The molecule has 222 valence electrons. The molecule has 0 unspecified atom stereocenters. The van der Waals surface area contributed by atoms with E-state index in [0.717, 1.165) is 44.7 Å². The molecule has 3 nitrogen and oxygen atoms in total. The highest BCUT2D eigenvalue weighted by Crippen LogP contribution is 2.50. The average Bonchev–Trinajstić information content (AvgIpc) is 3.36. The molecule has 0 spiro atoms. The van der Waals surface area contributed by atoms with Crippen LogP contribution in [0.3, 0.4) is 0 Å². The van der Waals surface area contributed by atoms with E-state index in [9.17, 15) is 0 Å². The van der Waals surface area contributed by atoms with Crippen LogP contribution in [0.1, 0.15) is 25.0 Å². The average molecular weight is 602 g/mol. The molecule has 0 radical (unpaired) electrons. The van der Waals surface area contributed by atoms with Crippen LogP contribution in [0.4, 0.5) is 0 Å². The van der Waals surface area contributed by atoms with Gasteiger partial charge in [-0.15, -0.1) is 0 Å². The third kappa shape index (κ3) is 4.46. The summed E-state index contributed by atoms with van der Waals surface area (Å²) in [6.07, 6.45) is 1.83. The van der Waals surface area contributed by atoms with E-state index in [1.807, 2.05) is 30.5 Å². The normalized spacial score (nSPS) is 13.1. The first kappa shape index (κ1) is 27.4. The van der Waals surface area contributed by atoms with Gasteiger partial charge in [-0.1, -0.05) is 129 Å². The molecule has 1 aliphatic rings. The fourth-order valence-corrected chi connectivity index (χ4v) is 7.30. The van der Waals surface area contributed by atoms with Crippen LogP contribution in [-0.2, 0) is 5.41 Å². The molecular formula is C44H31N3. The molecule has 0 saturated carbocycles. The van der Waals surface area contributed by atoms with Gasteiger partial charge in [0.2, 0.25) is 0 Å². The van der Waals surface area contributed by atoms with Gasteiger partial charge in [-0.3, -0.25) is 4.98 Å². The summed E-state index contributed by atoms with van der Waals surface area (Å²) in [7, 11) is 0. The lowest BCUT2D eigenvalue weighted by Crippen LogP contribution is -2.14. The van der Waals surface area contributed by atoms with E-state index in [4.69, 9.17) is 9.97 Å². The molecule has 0 amide bonds. The van der Waals surface area contributed by atoms with E-state index in [-0.39, 0.29) is 5.41 Å². The second kappa shape index (κ2) is 10.6. The Kier molecular flexibility index (Phi) is 6.16. The Hall–Kier alpha value is -5.93.